The van der Waals surface area contributed by atoms with Crippen molar-refractivity contribution in [1.29, 1.82) is 0 Å². The maximum Gasteiger partial charge on any atom is 0.243 e. The van der Waals surface area contributed by atoms with Gasteiger partial charge in [0.2, 0.25) is 10.0 Å². The Morgan fingerprint density at radius 1 is 1.15 bits per heavy atom. The molecule has 0 saturated carbocycles. The molecule has 5 rings (SSSR count). The standard InChI is InChI=1S/C26H32N4O3S/c1-29-19-23(18-27-29)34(31,32)28-12-15-33-22-10-8-21-9-11-26(30-13-5-14-30)25(24(21)17-22)16-20-6-3-2-4-7-20/h2-4,6-8,10,17-19,25-26,28H,5,9,11-16H2,1H3. The predicted octanol–water partition coefficient (Wildman–Crippen LogP) is 3.12. The highest BCUT2D eigenvalue weighted by atomic mass is 32.2. The first-order valence-corrected chi connectivity index (χ1v) is 13.5. The van der Waals surface area contributed by atoms with Gasteiger partial charge in [0.25, 0.3) is 0 Å². The highest BCUT2D eigenvalue weighted by Crippen LogP contribution is 2.40. The molecule has 1 aromatic heterocycles. The Labute approximate surface area is 201 Å². The smallest absolute Gasteiger partial charge is 0.243 e. The molecule has 1 saturated heterocycles. The monoisotopic (exact) mass is 480 g/mol. The van der Waals surface area contributed by atoms with Crippen LogP contribution in [0.1, 0.15) is 35.4 Å². The van der Waals surface area contributed by atoms with Crippen LogP contribution in [0.25, 0.3) is 0 Å². The summed E-state index contributed by atoms with van der Waals surface area (Å²) >= 11 is 0. The number of sulfonamides is 1. The molecule has 2 atom stereocenters. The second kappa shape index (κ2) is 9.90. The fourth-order valence-electron chi connectivity index (χ4n) is 5.14. The van der Waals surface area contributed by atoms with Gasteiger partial charge in [-0.3, -0.25) is 9.58 Å². The molecule has 0 radical (unpaired) electrons. The van der Waals surface area contributed by atoms with Crippen molar-refractivity contribution < 1.29 is 13.2 Å². The topological polar surface area (TPSA) is 76.5 Å². The van der Waals surface area contributed by atoms with Crippen LogP contribution in [0.5, 0.6) is 5.75 Å². The first kappa shape index (κ1) is 23.1. The molecule has 34 heavy (non-hydrogen) atoms. The van der Waals surface area contributed by atoms with E-state index in [-0.39, 0.29) is 18.0 Å². The Morgan fingerprint density at radius 3 is 2.68 bits per heavy atom. The van der Waals surface area contributed by atoms with E-state index in [9.17, 15) is 8.42 Å². The molecule has 3 aromatic rings. The van der Waals surface area contributed by atoms with Gasteiger partial charge in [-0.25, -0.2) is 13.1 Å². The van der Waals surface area contributed by atoms with E-state index >= 15 is 0 Å². The lowest BCUT2D eigenvalue weighted by Gasteiger charge is -2.45. The van der Waals surface area contributed by atoms with E-state index in [1.54, 1.807) is 7.05 Å². The number of aryl methyl sites for hydroxylation is 2. The van der Waals surface area contributed by atoms with Crippen LogP contribution in [0, 0.1) is 0 Å². The summed E-state index contributed by atoms with van der Waals surface area (Å²) in [5.74, 6) is 1.22. The van der Waals surface area contributed by atoms with Crippen molar-refractivity contribution in [3.05, 3.63) is 77.6 Å². The molecular formula is C26H32N4O3S. The van der Waals surface area contributed by atoms with Crippen LogP contribution in [-0.2, 0) is 29.9 Å². The number of aromatic nitrogens is 2. The Balaban J connectivity index is 1.28. The van der Waals surface area contributed by atoms with Crippen molar-refractivity contribution in [2.45, 2.75) is 42.5 Å². The van der Waals surface area contributed by atoms with Crippen LogP contribution >= 0.6 is 0 Å². The summed E-state index contributed by atoms with van der Waals surface area (Å²) in [6, 6.07) is 17.7. The van der Waals surface area contributed by atoms with Gasteiger partial charge >= 0.3 is 0 Å². The molecule has 1 N–H and O–H groups in total. The van der Waals surface area contributed by atoms with Crippen LogP contribution in [0.3, 0.4) is 0 Å². The van der Waals surface area contributed by atoms with E-state index in [0.717, 1.165) is 18.6 Å². The van der Waals surface area contributed by atoms with Crippen molar-refractivity contribution in [2.75, 3.05) is 26.2 Å². The van der Waals surface area contributed by atoms with Crippen molar-refractivity contribution in [3.63, 3.8) is 0 Å². The van der Waals surface area contributed by atoms with Crippen LogP contribution < -0.4 is 9.46 Å². The average Bonchev–Trinajstić information content (AvgIpc) is 3.25. The number of nitrogens with one attached hydrogen (secondary N) is 1. The summed E-state index contributed by atoms with van der Waals surface area (Å²) in [5.41, 5.74) is 4.14. The van der Waals surface area contributed by atoms with Gasteiger partial charge in [-0.2, -0.15) is 5.10 Å². The fourth-order valence-corrected chi connectivity index (χ4v) is 6.13. The van der Waals surface area contributed by atoms with E-state index in [4.69, 9.17) is 4.74 Å². The first-order valence-electron chi connectivity index (χ1n) is 12.0. The minimum atomic E-state index is -3.58. The summed E-state index contributed by atoms with van der Waals surface area (Å²) in [7, 11) is -1.89. The lowest BCUT2D eigenvalue weighted by Crippen LogP contribution is -2.49. The van der Waals surface area contributed by atoms with Gasteiger partial charge in [0.05, 0.1) is 6.20 Å². The van der Waals surface area contributed by atoms with Crippen LogP contribution in [-0.4, -0.2) is 55.4 Å². The second-order valence-electron chi connectivity index (χ2n) is 9.25. The maximum atomic E-state index is 12.4. The maximum absolute atomic E-state index is 12.4. The minimum Gasteiger partial charge on any atom is -0.492 e. The van der Waals surface area contributed by atoms with E-state index < -0.39 is 10.0 Å². The van der Waals surface area contributed by atoms with Crippen LogP contribution in [0.2, 0.25) is 0 Å². The van der Waals surface area contributed by atoms with Crippen LogP contribution in [0.4, 0.5) is 0 Å². The average molecular weight is 481 g/mol. The Hall–Kier alpha value is -2.68. The fraction of sp³-hybridized carbons (Fsp3) is 0.423. The number of hydrogen-bond donors (Lipinski definition) is 1. The summed E-state index contributed by atoms with van der Waals surface area (Å²) in [4.78, 5) is 2.79. The zero-order valence-electron chi connectivity index (χ0n) is 19.6. The zero-order valence-corrected chi connectivity index (χ0v) is 20.4. The van der Waals surface area contributed by atoms with E-state index in [0.29, 0.717) is 12.0 Å². The molecule has 0 amide bonds. The molecule has 2 aliphatic rings. The van der Waals surface area contributed by atoms with Crippen LogP contribution in [0.15, 0.2) is 65.8 Å². The van der Waals surface area contributed by atoms with E-state index in [1.165, 1.54) is 59.7 Å². The third kappa shape index (κ3) is 5.04. The molecule has 180 valence electrons. The molecule has 1 fully saturated rings. The molecule has 1 aliphatic heterocycles. The van der Waals surface area contributed by atoms with Gasteiger partial charge in [-0.1, -0.05) is 36.4 Å². The molecule has 7 nitrogen and oxygen atoms in total. The highest BCUT2D eigenvalue weighted by Gasteiger charge is 2.36. The molecule has 2 unspecified atom stereocenters. The lowest BCUT2D eigenvalue weighted by atomic mass is 9.75. The molecular weight excluding hydrogens is 448 g/mol. The number of hydrogen-bond acceptors (Lipinski definition) is 5. The van der Waals surface area contributed by atoms with Gasteiger partial charge in [-0.05, 0) is 67.6 Å². The zero-order chi connectivity index (χ0) is 23.5. The highest BCUT2D eigenvalue weighted by molar-refractivity contribution is 7.89. The van der Waals surface area contributed by atoms with Crippen molar-refractivity contribution in [1.82, 2.24) is 19.4 Å². The van der Waals surface area contributed by atoms with Gasteiger partial charge in [-0.15, -0.1) is 0 Å². The Kier molecular flexibility index (Phi) is 6.72. The number of rotatable bonds is 9. The number of likely N-dealkylation sites (tertiary alicyclic amines) is 1. The molecule has 0 bridgehead atoms. The third-order valence-corrected chi connectivity index (χ3v) is 8.42. The molecule has 1 aliphatic carbocycles. The van der Waals surface area contributed by atoms with Gasteiger partial charge in [0.1, 0.15) is 17.3 Å². The Bertz CT molecular complexity index is 1220. The molecule has 2 heterocycles. The number of benzene rings is 2. The largest absolute Gasteiger partial charge is 0.492 e. The molecule has 2 aromatic carbocycles. The van der Waals surface area contributed by atoms with Gasteiger partial charge in [0.15, 0.2) is 0 Å². The first-order chi connectivity index (χ1) is 16.5. The summed E-state index contributed by atoms with van der Waals surface area (Å²) in [5, 5.41) is 3.93. The minimum absolute atomic E-state index is 0.157. The van der Waals surface area contributed by atoms with Crippen molar-refractivity contribution >= 4 is 10.0 Å². The molecule has 0 spiro atoms. The lowest BCUT2D eigenvalue weighted by molar-refractivity contribution is 0.0876. The van der Waals surface area contributed by atoms with E-state index in [2.05, 4.69) is 57.2 Å². The SMILES string of the molecule is Cn1cc(S(=O)(=O)NCCOc2ccc3c(c2)C(Cc2ccccc2)C(N2CCC2)CC3)cn1. The summed E-state index contributed by atoms with van der Waals surface area (Å²) < 4.78 is 34.8. The second-order valence-corrected chi connectivity index (χ2v) is 11.0. The number of nitrogens with zero attached hydrogens (tertiary/aromatic N) is 3. The normalized spacial score (nSPS) is 20.5. The summed E-state index contributed by atoms with van der Waals surface area (Å²) in [6.07, 6.45) is 7.42. The van der Waals surface area contributed by atoms with Crippen molar-refractivity contribution in [2.24, 2.45) is 7.05 Å². The van der Waals surface area contributed by atoms with Crippen molar-refractivity contribution in [3.8, 4) is 5.75 Å². The van der Waals surface area contributed by atoms with E-state index in [1.807, 2.05) is 6.07 Å². The summed E-state index contributed by atoms with van der Waals surface area (Å²) in [6.45, 7) is 2.84. The van der Waals surface area contributed by atoms with Gasteiger partial charge < -0.3 is 4.74 Å². The quantitative estimate of drug-likeness (QED) is 0.476. The Morgan fingerprint density at radius 2 is 1.97 bits per heavy atom. The molecule has 8 heteroatoms. The van der Waals surface area contributed by atoms with Gasteiger partial charge in [0, 0.05) is 31.7 Å². The number of ether oxygens (including phenoxy) is 1. The number of fused-ring (bicyclic) bond motifs is 1. The predicted molar refractivity (Wildman–Crippen MR) is 132 cm³/mol. The third-order valence-electron chi connectivity index (χ3n) is 7.00.